The van der Waals surface area contributed by atoms with Crippen LogP contribution < -0.4 is 0 Å². The molecule has 0 spiro atoms. The molecule has 1 aromatic rings. The van der Waals surface area contributed by atoms with Crippen LogP contribution in [-0.2, 0) is 10.7 Å². The highest BCUT2D eigenvalue weighted by molar-refractivity contribution is 5.79. The number of benzene rings is 1. The van der Waals surface area contributed by atoms with Crippen molar-refractivity contribution in [2.75, 3.05) is 0 Å². The van der Waals surface area contributed by atoms with Crippen LogP contribution in [0.3, 0.4) is 0 Å². The molecule has 0 heterocycles. The smallest absolute Gasteiger partial charge is 0.273 e. The number of carbonyl (C=O) groups excluding carboxylic acids is 1. The Labute approximate surface area is 106 Å². The Kier molecular flexibility index (Phi) is 3.79. The zero-order valence-electron chi connectivity index (χ0n) is 10.6. The van der Waals surface area contributed by atoms with Crippen molar-refractivity contribution in [3.05, 3.63) is 35.4 Å². The minimum Gasteiger partial charge on any atom is -0.300 e. The van der Waals surface area contributed by atoms with Crippen LogP contribution in [0.2, 0.25) is 0 Å². The van der Waals surface area contributed by atoms with E-state index in [-0.39, 0.29) is 12.0 Å². The lowest BCUT2D eigenvalue weighted by Gasteiger charge is -2.22. The molecule has 1 aliphatic rings. The normalized spacial score (nSPS) is 18.1. The van der Waals surface area contributed by atoms with Crippen molar-refractivity contribution < 1.29 is 13.6 Å². The molecular weight excluding hydrogens is 234 g/mol. The molecule has 1 saturated carbocycles. The number of hydrogen-bond donors (Lipinski definition) is 0. The van der Waals surface area contributed by atoms with E-state index in [1.807, 2.05) is 0 Å². The molecule has 98 valence electrons. The molecule has 0 amide bonds. The summed E-state index contributed by atoms with van der Waals surface area (Å²) in [6, 6.07) is 6.63. The van der Waals surface area contributed by atoms with Crippen LogP contribution in [0.1, 0.15) is 56.1 Å². The second kappa shape index (κ2) is 5.17. The summed E-state index contributed by atoms with van der Waals surface area (Å²) in [6.45, 7) is 1.49. The average molecular weight is 252 g/mol. The van der Waals surface area contributed by atoms with Gasteiger partial charge >= 0.3 is 0 Å². The zero-order valence-corrected chi connectivity index (χ0v) is 10.6. The Morgan fingerprint density at radius 1 is 1.17 bits per heavy atom. The van der Waals surface area contributed by atoms with E-state index in [1.54, 1.807) is 12.1 Å². The minimum atomic E-state index is -2.74. The summed E-state index contributed by atoms with van der Waals surface area (Å²) in [5, 5.41) is 0. The predicted molar refractivity (Wildman–Crippen MR) is 66.8 cm³/mol. The van der Waals surface area contributed by atoms with Gasteiger partial charge in [-0.3, -0.25) is 4.79 Å². The van der Waals surface area contributed by atoms with Gasteiger partial charge in [-0.05, 0) is 24.3 Å². The van der Waals surface area contributed by atoms with Gasteiger partial charge in [0.2, 0.25) is 0 Å². The van der Waals surface area contributed by atoms with Crippen LogP contribution >= 0.6 is 0 Å². The summed E-state index contributed by atoms with van der Waals surface area (Å²) in [4.78, 5) is 11.2. The second-order valence-electron chi connectivity index (χ2n) is 4.99. The summed E-state index contributed by atoms with van der Waals surface area (Å²) in [5.41, 5.74) is 1.17. The van der Waals surface area contributed by atoms with Gasteiger partial charge in [0.05, 0.1) is 0 Å². The van der Waals surface area contributed by atoms with E-state index in [0.717, 1.165) is 18.4 Å². The maximum atomic E-state index is 13.5. The Morgan fingerprint density at radius 3 is 2.22 bits per heavy atom. The lowest BCUT2D eigenvalue weighted by atomic mass is 9.83. The summed E-state index contributed by atoms with van der Waals surface area (Å²) >= 11 is 0. The van der Waals surface area contributed by atoms with Gasteiger partial charge in [0.1, 0.15) is 5.78 Å². The number of halogens is 2. The van der Waals surface area contributed by atoms with Crippen molar-refractivity contribution in [3.63, 3.8) is 0 Å². The van der Waals surface area contributed by atoms with Crippen LogP contribution in [0.4, 0.5) is 8.78 Å². The monoisotopic (exact) mass is 252 g/mol. The molecule has 1 aromatic carbocycles. The van der Waals surface area contributed by atoms with Gasteiger partial charge in [0.25, 0.3) is 5.92 Å². The molecule has 1 fully saturated rings. The van der Waals surface area contributed by atoms with Crippen molar-refractivity contribution in [1.82, 2.24) is 0 Å². The molecule has 0 unspecified atom stereocenters. The third kappa shape index (κ3) is 2.77. The summed E-state index contributed by atoms with van der Waals surface area (Å²) in [5.74, 6) is -2.06. The van der Waals surface area contributed by atoms with Gasteiger partial charge in [-0.2, -0.15) is 0 Å². The summed E-state index contributed by atoms with van der Waals surface area (Å²) < 4.78 is 26.9. The molecule has 0 bridgehead atoms. The Balaban J connectivity index is 2.10. The highest BCUT2D eigenvalue weighted by Crippen LogP contribution is 2.35. The second-order valence-corrected chi connectivity index (χ2v) is 4.99. The van der Waals surface area contributed by atoms with E-state index in [1.165, 1.54) is 19.1 Å². The van der Waals surface area contributed by atoms with Crippen LogP contribution in [-0.4, -0.2) is 5.78 Å². The van der Waals surface area contributed by atoms with Gasteiger partial charge in [-0.1, -0.05) is 31.2 Å². The number of Topliss-reactive ketones (excluding diaryl/α,β-unsaturated/α-hetero) is 1. The fraction of sp³-hybridized carbons (Fsp3) is 0.533. The van der Waals surface area contributed by atoms with E-state index >= 15 is 0 Å². The molecule has 1 nitrogen and oxygen atoms in total. The van der Waals surface area contributed by atoms with Crippen LogP contribution in [0.15, 0.2) is 24.3 Å². The van der Waals surface area contributed by atoms with E-state index < -0.39 is 5.92 Å². The molecule has 0 atom stereocenters. The maximum absolute atomic E-state index is 13.5. The van der Waals surface area contributed by atoms with Gasteiger partial charge in [0.15, 0.2) is 0 Å². The highest BCUT2D eigenvalue weighted by Gasteiger charge is 2.29. The highest BCUT2D eigenvalue weighted by atomic mass is 19.3. The van der Waals surface area contributed by atoms with E-state index in [0.29, 0.717) is 24.5 Å². The van der Waals surface area contributed by atoms with Crippen molar-refractivity contribution in [2.24, 2.45) is 0 Å². The molecule has 0 saturated heterocycles. The lowest BCUT2D eigenvalue weighted by Crippen LogP contribution is -2.14. The summed E-state index contributed by atoms with van der Waals surface area (Å²) in [7, 11) is 0. The number of carbonyl (C=O) groups is 1. The van der Waals surface area contributed by atoms with Crippen molar-refractivity contribution in [1.29, 1.82) is 0 Å². The van der Waals surface area contributed by atoms with E-state index in [4.69, 9.17) is 0 Å². The van der Waals surface area contributed by atoms with Crippen LogP contribution in [0.25, 0.3) is 0 Å². The standard InChI is InChI=1S/C15H18F2O/c1-2-15(16,17)13-7-3-11(4-8-13)12-5-9-14(18)10-6-12/h3-4,7-8,12H,2,5-6,9-10H2,1H3. The fourth-order valence-electron chi connectivity index (χ4n) is 2.48. The molecule has 0 aliphatic heterocycles. The SMILES string of the molecule is CCC(F)(F)c1ccc(C2CCC(=O)CC2)cc1. The number of rotatable bonds is 3. The molecule has 0 N–H and O–H groups in total. The molecule has 18 heavy (non-hydrogen) atoms. The summed E-state index contributed by atoms with van der Waals surface area (Å²) in [6.07, 6.45) is 2.77. The first-order chi connectivity index (χ1) is 8.53. The van der Waals surface area contributed by atoms with Crippen molar-refractivity contribution in [2.45, 2.75) is 50.9 Å². The van der Waals surface area contributed by atoms with Gasteiger partial charge < -0.3 is 0 Å². The predicted octanol–water partition coefficient (Wildman–Crippen LogP) is 4.42. The molecule has 2 rings (SSSR count). The lowest BCUT2D eigenvalue weighted by molar-refractivity contribution is -0.120. The maximum Gasteiger partial charge on any atom is 0.273 e. The van der Waals surface area contributed by atoms with Gasteiger partial charge in [-0.15, -0.1) is 0 Å². The Hall–Kier alpha value is -1.25. The Morgan fingerprint density at radius 2 is 1.72 bits per heavy atom. The molecule has 3 heteroatoms. The van der Waals surface area contributed by atoms with E-state index in [2.05, 4.69) is 0 Å². The zero-order chi connectivity index (χ0) is 13.2. The topological polar surface area (TPSA) is 17.1 Å². The van der Waals surface area contributed by atoms with Crippen LogP contribution in [0.5, 0.6) is 0 Å². The minimum absolute atomic E-state index is 0.0839. The van der Waals surface area contributed by atoms with Gasteiger partial charge in [0, 0.05) is 24.8 Å². The first-order valence-corrected chi connectivity index (χ1v) is 6.53. The average Bonchev–Trinajstić information content (AvgIpc) is 2.40. The van der Waals surface area contributed by atoms with Crippen molar-refractivity contribution >= 4 is 5.78 Å². The third-order valence-corrected chi connectivity index (χ3v) is 3.79. The largest absolute Gasteiger partial charge is 0.300 e. The Bertz CT molecular complexity index is 413. The first-order valence-electron chi connectivity index (χ1n) is 6.53. The quantitative estimate of drug-likeness (QED) is 0.778. The number of hydrogen-bond acceptors (Lipinski definition) is 1. The van der Waals surface area contributed by atoms with Crippen molar-refractivity contribution in [3.8, 4) is 0 Å². The molecule has 0 radical (unpaired) electrons. The first kappa shape index (κ1) is 13.2. The fourth-order valence-corrected chi connectivity index (χ4v) is 2.48. The van der Waals surface area contributed by atoms with E-state index in [9.17, 15) is 13.6 Å². The third-order valence-electron chi connectivity index (χ3n) is 3.79. The van der Waals surface area contributed by atoms with Gasteiger partial charge in [-0.25, -0.2) is 8.78 Å². The number of ketones is 1. The number of alkyl halides is 2. The molecule has 1 aliphatic carbocycles. The van der Waals surface area contributed by atoms with Crippen LogP contribution in [0, 0.1) is 0 Å². The molecular formula is C15H18F2O. The molecule has 0 aromatic heterocycles.